The van der Waals surface area contributed by atoms with Gasteiger partial charge in [0, 0.05) is 22.0 Å². The van der Waals surface area contributed by atoms with Crippen molar-refractivity contribution in [3.05, 3.63) is 61.8 Å². The number of fused-ring (bicyclic) bond motifs is 1. The maximum absolute atomic E-state index is 13.8. The van der Waals surface area contributed by atoms with E-state index in [2.05, 4.69) is 31.7 Å². The van der Waals surface area contributed by atoms with Gasteiger partial charge in [-0.15, -0.1) is 11.3 Å². The lowest BCUT2D eigenvalue weighted by Crippen LogP contribution is -2.35. The first-order valence-corrected chi connectivity index (χ1v) is 10.5. The molecule has 0 saturated heterocycles. The molecule has 0 saturated carbocycles. The Labute approximate surface area is 181 Å². The summed E-state index contributed by atoms with van der Waals surface area (Å²) in [5, 5.41) is 11.9. The van der Waals surface area contributed by atoms with E-state index in [4.69, 9.17) is 11.6 Å². The van der Waals surface area contributed by atoms with Gasteiger partial charge in [0.2, 0.25) is 0 Å². The molecule has 0 aliphatic carbocycles. The monoisotopic (exact) mass is 504 g/mol. The lowest BCUT2D eigenvalue weighted by atomic mass is 10.0. The van der Waals surface area contributed by atoms with Crippen LogP contribution in [0.5, 0.6) is 0 Å². The number of aromatic nitrogens is 2. The van der Waals surface area contributed by atoms with Crippen LogP contribution in [-0.4, -0.2) is 21.9 Å². The van der Waals surface area contributed by atoms with Crippen molar-refractivity contribution in [2.75, 3.05) is 10.6 Å². The smallest absolute Gasteiger partial charge is 0.362 e. The van der Waals surface area contributed by atoms with E-state index >= 15 is 0 Å². The van der Waals surface area contributed by atoms with E-state index in [0.29, 0.717) is 10.7 Å². The van der Waals surface area contributed by atoms with Crippen LogP contribution in [-0.2, 0) is 0 Å². The van der Waals surface area contributed by atoms with Crippen LogP contribution in [0.3, 0.4) is 0 Å². The molecule has 2 atom stereocenters. The number of benzene rings is 1. The van der Waals surface area contributed by atoms with Crippen LogP contribution >= 0.6 is 38.9 Å². The largest absolute Gasteiger partial charge is 0.410 e. The van der Waals surface area contributed by atoms with Crippen molar-refractivity contribution in [1.82, 2.24) is 9.78 Å². The molecule has 0 unspecified atom stereocenters. The van der Waals surface area contributed by atoms with Gasteiger partial charge in [-0.1, -0.05) is 23.7 Å². The maximum atomic E-state index is 13.8. The summed E-state index contributed by atoms with van der Waals surface area (Å²) < 4.78 is 42.3. The molecule has 4 rings (SSSR count). The number of hydrogen-bond acceptors (Lipinski definition) is 4. The van der Waals surface area contributed by atoms with Gasteiger partial charge < -0.3 is 10.6 Å². The molecule has 0 radical (unpaired) electrons. The number of carbonyl (C=O) groups is 1. The molecule has 1 aliphatic rings. The zero-order valence-electron chi connectivity index (χ0n) is 14.5. The molecule has 5 nitrogen and oxygen atoms in total. The Morgan fingerprint density at radius 3 is 2.79 bits per heavy atom. The Balaban J connectivity index is 1.70. The van der Waals surface area contributed by atoms with Crippen molar-refractivity contribution in [2.24, 2.45) is 0 Å². The number of carbonyl (C=O) groups excluding carboxylic acids is 1. The number of amides is 1. The molecule has 3 heterocycles. The van der Waals surface area contributed by atoms with Gasteiger partial charge in [0.05, 0.1) is 10.5 Å². The SMILES string of the molecule is O=C(Nc1cccc(Cl)c1)c1nn2c(c1Br)N[C@@H](c1cccs1)C[C@H]2C(F)(F)F. The third-order valence-corrected chi connectivity index (χ3v) is 6.45. The highest BCUT2D eigenvalue weighted by Gasteiger charge is 2.48. The number of thiophene rings is 1. The predicted molar refractivity (Wildman–Crippen MR) is 110 cm³/mol. The first-order valence-electron chi connectivity index (χ1n) is 8.45. The normalized spacial score (nSPS) is 18.8. The lowest BCUT2D eigenvalue weighted by Gasteiger charge is -2.33. The molecule has 3 aromatic rings. The van der Waals surface area contributed by atoms with E-state index in [0.717, 1.165) is 9.56 Å². The maximum Gasteiger partial charge on any atom is 0.410 e. The molecule has 1 amide bonds. The fourth-order valence-electron chi connectivity index (χ4n) is 3.17. The molecular formula is C18H13BrClF3N4OS. The van der Waals surface area contributed by atoms with Crippen LogP contribution in [0.25, 0.3) is 0 Å². The van der Waals surface area contributed by atoms with E-state index in [-0.39, 0.29) is 22.4 Å². The Morgan fingerprint density at radius 2 is 2.14 bits per heavy atom. The second kappa shape index (κ2) is 7.66. The number of rotatable bonds is 3. The Kier molecular flexibility index (Phi) is 5.34. The van der Waals surface area contributed by atoms with E-state index in [1.165, 1.54) is 17.4 Å². The van der Waals surface area contributed by atoms with Crippen molar-refractivity contribution in [3.63, 3.8) is 0 Å². The van der Waals surface area contributed by atoms with Gasteiger partial charge in [0.1, 0.15) is 5.82 Å². The first-order chi connectivity index (χ1) is 13.7. The summed E-state index contributed by atoms with van der Waals surface area (Å²) in [5.74, 6) is -0.523. The van der Waals surface area contributed by atoms with Crippen molar-refractivity contribution in [1.29, 1.82) is 0 Å². The zero-order valence-corrected chi connectivity index (χ0v) is 17.7. The van der Waals surface area contributed by atoms with Gasteiger partial charge in [0.25, 0.3) is 5.91 Å². The van der Waals surface area contributed by atoms with Crippen molar-refractivity contribution < 1.29 is 18.0 Å². The number of nitrogens with one attached hydrogen (secondary N) is 2. The summed E-state index contributed by atoms with van der Waals surface area (Å²) in [7, 11) is 0. The lowest BCUT2D eigenvalue weighted by molar-refractivity contribution is -0.173. The molecule has 29 heavy (non-hydrogen) atoms. The number of anilines is 2. The van der Waals surface area contributed by atoms with Gasteiger partial charge in [-0.2, -0.15) is 18.3 Å². The van der Waals surface area contributed by atoms with Crippen LogP contribution in [0.1, 0.15) is 33.9 Å². The third-order valence-electron chi connectivity index (χ3n) is 4.48. The quantitative estimate of drug-likeness (QED) is 0.441. The fraction of sp³-hybridized carbons (Fsp3) is 0.222. The Hall–Kier alpha value is -2.04. The molecule has 0 fully saturated rings. The molecule has 2 N–H and O–H groups in total. The highest BCUT2D eigenvalue weighted by atomic mass is 79.9. The minimum Gasteiger partial charge on any atom is -0.362 e. The minimum atomic E-state index is -4.52. The first kappa shape index (κ1) is 20.2. The van der Waals surface area contributed by atoms with Gasteiger partial charge in [-0.25, -0.2) is 4.68 Å². The standard InChI is InChI=1S/C18H13BrClF3N4OS/c19-14-15(17(28)24-10-4-1-3-9(20)7-10)26-27-13(18(21,22)23)8-11(25-16(14)27)12-5-2-6-29-12/h1-7,11,13,25H,8H2,(H,24,28)/t11-,13+/m1/s1. The van der Waals surface area contributed by atoms with E-state index in [1.807, 2.05) is 5.38 Å². The van der Waals surface area contributed by atoms with Gasteiger partial charge in [0.15, 0.2) is 11.7 Å². The van der Waals surface area contributed by atoms with E-state index in [1.54, 1.807) is 30.3 Å². The van der Waals surface area contributed by atoms with Crippen molar-refractivity contribution in [3.8, 4) is 0 Å². The molecule has 2 aromatic heterocycles. The summed E-state index contributed by atoms with van der Waals surface area (Å²) in [5.41, 5.74) is 0.269. The molecule has 152 valence electrons. The average Bonchev–Trinajstić information content (AvgIpc) is 3.29. The molecular weight excluding hydrogens is 493 g/mol. The van der Waals surface area contributed by atoms with Crippen molar-refractivity contribution in [2.45, 2.75) is 24.7 Å². The third kappa shape index (κ3) is 4.01. The zero-order chi connectivity index (χ0) is 20.8. The average molecular weight is 506 g/mol. The molecule has 0 spiro atoms. The van der Waals surface area contributed by atoms with Gasteiger partial charge in [-0.3, -0.25) is 4.79 Å². The number of alkyl halides is 3. The fourth-order valence-corrected chi connectivity index (χ4v) is 4.70. The molecule has 1 aliphatic heterocycles. The van der Waals surface area contributed by atoms with E-state index < -0.39 is 24.2 Å². The highest BCUT2D eigenvalue weighted by Crippen LogP contribution is 2.46. The highest BCUT2D eigenvalue weighted by molar-refractivity contribution is 9.10. The second-order valence-corrected chi connectivity index (χ2v) is 8.63. The Bertz CT molecular complexity index is 1050. The predicted octanol–water partition coefficient (Wildman–Crippen LogP) is 6.27. The van der Waals surface area contributed by atoms with Crippen LogP contribution in [0.15, 0.2) is 46.3 Å². The number of nitrogens with zero attached hydrogens (tertiary/aromatic N) is 2. The summed E-state index contributed by atoms with van der Waals surface area (Å²) >= 11 is 10.5. The summed E-state index contributed by atoms with van der Waals surface area (Å²) in [4.78, 5) is 13.4. The van der Waals surface area contributed by atoms with Crippen LogP contribution in [0.4, 0.5) is 24.7 Å². The van der Waals surface area contributed by atoms with Gasteiger partial charge in [-0.05, 0) is 45.6 Å². The Morgan fingerprint density at radius 1 is 1.34 bits per heavy atom. The van der Waals surface area contributed by atoms with Crippen LogP contribution in [0, 0.1) is 0 Å². The summed E-state index contributed by atoms with van der Waals surface area (Å²) in [6.45, 7) is 0. The van der Waals surface area contributed by atoms with E-state index in [9.17, 15) is 18.0 Å². The summed E-state index contributed by atoms with van der Waals surface area (Å²) in [6, 6.07) is 7.63. The number of hydrogen-bond donors (Lipinski definition) is 2. The second-order valence-electron chi connectivity index (χ2n) is 6.43. The molecule has 0 bridgehead atoms. The summed E-state index contributed by atoms with van der Waals surface area (Å²) in [6.07, 6.45) is -4.74. The van der Waals surface area contributed by atoms with Gasteiger partial charge >= 0.3 is 6.18 Å². The molecule has 1 aromatic carbocycles. The van der Waals surface area contributed by atoms with Crippen LogP contribution < -0.4 is 10.6 Å². The van der Waals surface area contributed by atoms with Crippen LogP contribution in [0.2, 0.25) is 5.02 Å². The van der Waals surface area contributed by atoms with Crippen molar-refractivity contribution >= 4 is 56.3 Å². The molecule has 11 heteroatoms. The number of halogens is 5. The minimum absolute atomic E-state index is 0.119. The topological polar surface area (TPSA) is 59.0 Å².